The summed E-state index contributed by atoms with van der Waals surface area (Å²) in [6, 6.07) is 9.27. The van der Waals surface area contributed by atoms with Crippen LogP contribution in [0.3, 0.4) is 0 Å². The number of rotatable bonds is 7. The summed E-state index contributed by atoms with van der Waals surface area (Å²) in [5, 5.41) is 3.06. The van der Waals surface area contributed by atoms with Crippen LogP contribution in [0.4, 0.5) is 0 Å². The predicted molar refractivity (Wildman–Crippen MR) is 107 cm³/mol. The van der Waals surface area contributed by atoms with Gasteiger partial charge in [-0.3, -0.25) is 9.69 Å². The van der Waals surface area contributed by atoms with Crippen molar-refractivity contribution in [2.24, 2.45) is 5.92 Å². The van der Waals surface area contributed by atoms with E-state index in [4.69, 9.17) is 0 Å². The van der Waals surface area contributed by atoms with E-state index in [1.807, 2.05) is 35.2 Å². The van der Waals surface area contributed by atoms with Gasteiger partial charge < -0.3 is 5.32 Å². The van der Waals surface area contributed by atoms with Gasteiger partial charge in [0.05, 0.1) is 12.3 Å². The second-order valence-electron chi connectivity index (χ2n) is 7.73. The Morgan fingerprint density at radius 1 is 1.00 bits per heavy atom. The number of hydrogen-bond acceptors (Lipinski definition) is 4. The number of amides is 1. The molecule has 0 atom stereocenters. The minimum atomic E-state index is -3.31. The lowest BCUT2D eigenvalue weighted by molar-refractivity contribution is -0.122. The molecule has 1 aliphatic heterocycles. The van der Waals surface area contributed by atoms with E-state index in [0.717, 1.165) is 12.1 Å². The van der Waals surface area contributed by atoms with Crippen molar-refractivity contribution in [3.63, 3.8) is 0 Å². The van der Waals surface area contributed by atoms with Crippen molar-refractivity contribution in [3.05, 3.63) is 35.9 Å². The van der Waals surface area contributed by atoms with Crippen molar-refractivity contribution in [2.45, 2.75) is 37.9 Å². The highest BCUT2D eigenvalue weighted by molar-refractivity contribution is 7.88. The molecular formula is C20H31N3O3S. The fourth-order valence-electron chi connectivity index (χ4n) is 3.95. The molecule has 2 fully saturated rings. The number of nitrogens with zero attached hydrogens (tertiary/aromatic N) is 2. The summed E-state index contributed by atoms with van der Waals surface area (Å²) >= 11 is 0. The minimum absolute atomic E-state index is 0.0374. The van der Waals surface area contributed by atoms with Crippen LogP contribution in [0.2, 0.25) is 0 Å². The van der Waals surface area contributed by atoms with Gasteiger partial charge in [-0.25, -0.2) is 8.42 Å². The average molecular weight is 394 g/mol. The zero-order valence-corrected chi connectivity index (χ0v) is 16.8. The molecule has 7 heteroatoms. The molecule has 27 heavy (non-hydrogen) atoms. The van der Waals surface area contributed by atoms with E-state index in [-0.39, 0.29) is 11.7 Å². The summed E-state index contributed by atoms with van der Waals surface area (Å²) in [6.45, 7) is 3.25. The molecule has 1 N–H and O–H groups in total. The van der Waals surface area contributed by atoms with Crippen LogP contribution in [0.1, 0.15) is 37.7 Å². The summed E-state index contributed by atoms with van der Waals surface area (Å²) in [4.78, 5) is 14.2. The largest absolute Gasteiger partial charge is 0.355 e. The van der Waals surface area contributed by atoms with Crippen LogP contribution in [0, 0.1) is 5.92 Å². The van der Waals surface area contributed by atoms with E-state index < -0.39 is 10.0 Å². The molecule has 150 valence electrons. The second-order valence-corrected chi connectivity index (χ2v) is 9.69. The molecule has 0 bridgehead atoms. The molecule has 1 heterocycles. The van der Waals surface area contributed by atoms with Gasteiger partial charge in [-0.15, -0.1) is 0 Å². The molecule has 1 saturated heterocycles. The first-order valence-corrected chi connectivity index (χ1v) is 11.6. The first-order chi connectivity index (χ1) is 13.0. The van der Waals surface area contributed by atoms with Crippen molar-refractivity contribution < 1.29 is 13.2 Å². The number of piperazine rings is 1. The van der Waals surface area contributed by atoms with Gasteiger partial charge in [-0.1, -0.05) is 49.6 Å². The molecule has 0 radical (unpaired) electrons. The van der Waals surface area contributed by atoms with E-state index in [9.17, 15) is 13.2 Å². The third-order valence-electron chi connectivity index (χ3n) is 5.60. The van der Waals surface area contributed by atoms with Crippen LogP contribution < -0.4 is 5.32 Å². The predicted octanol–water partition coefficient (Wildman–Crippen LogP) is 1.83. The maximum absolute atomic E-state index is 12.6. The van der Waals surface area contributed by atoms with E-state index in [1.54, 1.807) is 4.31 Å². The van der Waals surface area contributed by atoms with Crippen molar-refractivity contribution in [3.8, 4) is 0 Å². The Balaban J connectivity index is 1.39. The number of carbonyl (C=O) groups is 1. The lowest BCUT2D eigenvalue weighted by Crippen LogP contribution is -2.51. The molecule has 0 unspecified atom stereocenters. The molecule has 2 aliphatic rings. The Kier molecular flexibility index (Phi) is 7.26. The zero-order chi connectivity index (χ0) is 19.1. The van der Waals surface area contributed by atoms with Crippen molar-refractivity contribution >= 4 is 15.9 Å². The van der Waals surface area contributed by atoms with E-state index >= 15 is 0 Å². The van der Waals surface area contributed by atoms with Gasteiger partial charge in [0.1, 0.15) is 0 Å². The fourth-order valence-corrected chi connectivity index (χ4v) is 5.47. The molecule has 1 aromatic carbocycles. The second kappa shape index (κ2) is 9.66. The summed E-state index contributed by atoms with van der Waals surface area (Å²) in [6.07, 6.45) is 6.32. The fraction of sp³-hybridized carbons (Fsp3) is 0.650. The molecule has 1 saturated carbocycles. The van der Waals surface area contributed by atoms with Crippen LogP contribution in [0.15, 0.2) is 30.3 Å². The standard InChI is InChI=1S/C20H31N3O3S/c24-20(21-15-18-7-3-1-4-8-18)16-22-11-13-23(14-12-22)27(25,26)17-19-9-5-2-6-10-19/h2,5-6,9-10,18H,1,3-4,7-8,11-17H2,(H,21,24). The van der Waals surface area contributed by atoms with Crippen LogP contribution >= 0.6 is 0 Å². The molecule has 3 rings (SSSR count). The molecule has 1 amide bonds. The third-order valence-corrected chi connectivity index (χ3v) is 7.45. The molecule has 1 aliphatic carbocycles. The number of benzene rings is 1. The normalized spacial score (nSPS) is 20.4. The first kappa shape index (κ1) is 20.3. The van der Waals surface area contributed by atoms with Crippen molar-refractivity contribution in [2.75, 3.05) is 39.3 Å². The van der Waals surface area contributed by atoms with Gasteiger partial charge in [0.2, 0.25) is 15.9 Å². The Morgan fingerprint density at radius 3 is 2.33 bits per heavy atom. The third kappa shape index (κ3) is 6.30. The van der Waals surface area contributed by atoms with Gasteiger partial charge >= 0.3 is 0 Å². The highest BCUT2D eigenvalue weighted by atomic mass is 32.2. The quantitative estimate of drug-likeness (QED) is 0.767. The Bertz CT molecular complexity index is 694. The monoisotopic (exact) mass is 393 g/mol. The molecular weight excluding hydrogens is 362 g/mol. The van der Waals surface area contributed by atoms with E-state index in [1.165, 1.54) is 32.1 Å². The van der Waals surface area contributed by atoms with Crippen LogP contribution in [0.25, 0.3) is 0 Å². The number of hydrogen-bond donors (Lipinski definition) is 1. The number of nitrogens with one attached hydrogen (secondary N) is 1. The van der Waals surface area contributed by atoms with Gasteiger partial charge in [-0.05, 0) is 24.3 Å². The van der Waals surface area contributed by atoms with Gasteiger partial charge in [0.15, 0.2) is 0 Å². The molecule has 1 aromatic rings. The maximum Gasteiger partial charge on any atom is 0.234 e. The first-order valence-electron chi connectivity index (χ1n) is 10.0. The Hall–Kier alpha value is -1.44. The van der Waals surface area contributed by atoms with Gasteiger partial charge in [0, 0.05) is 32.7 Å². The van der Waals surface area contributed by atoms with Gasteiger partial charge in [-0.2, -0.15) is 4.31 Å². The van der Waals surface area contributed by atoms with Crippen molar-refractivity contribution in [1.29, 1.82) is 0 Å². The molecule has 0 spiro atoms. The van der Waals surface area contributed by atoms with Crippen LogP contribution in [0.5, 0.6) is 0 Å². The maximum atomic E-state index is 12.6. The Morgan fingerprint density at radius 2 is 1.67 bits per heavy atom. The SMILES string of the molecule is O=C(CN1CCN(S(=O)(=O)Cc2ccccc2)CC1)NCC1CCCCC1. The minimum Gasteiger partial charge on any atom is -0.355 e. The number of sulfonamides is 1. The van der Waals surface area contributed by atoms with E-state index in [2.05, 4.69) is 5.32 Å². The highest BCUT2D eigenvalue weighted by Gasteiger charge is 2.27. The molecule has 0 aromatic heterocycles. The van der Waals surface area contributed by atoms with Crippen LogP contribution in [-0.4, -0.2) is 62.8 Å². The van der Waals surface area contributed by atoms with Crippen molar-refractivity contribution in [1.82, 2.24) is 14.5 Å². The summed E-state index contributed by atoms with van der Waals surface area (Å²) in [5.41, 5.74) is 0.807. The smallest absolute Gasteiger partial charge is 0.234 e. The highest BCUT2D eigenvalue weighted by Crippen LogP contribution is 2.22. The lowest BCUT2D eigenvalue weighted by Gasteiger charge is -2.33. The summed E-state index contributed by atoms with van der Waals surface area (Å²) in [5.74, 6) is 0.722. The Labute approximate surface area is 163 Å². The zero-order valence-electron chi connectivity index (χ0n) is 16.0. The van der Waals surface area contributed by atoms with Gasteiger partial charge in [0.25, 0.3) is 0 Å². The number of carbonyl (C=O) groups excluding carboxylic acids is 1. The molecule has 6 nitrogen and oxygen atoms in total. The van der Waals surface area contributed by atoms with E-state index in [0.29, 0.717) is 38.6 Å². The average Bonchev–Trinajstić information content (AvgIpc) is 2.68. The summed E-state index contributed by atoms with van der Waals surface area (Å²) < 4.78 is 26.7. The lowest BCUT2D eigenvalue weighted by atomic mass is 9.89. The topological polar surface area (TPSA) is 69.7 Å². The van der Waals surface area contributed by atoms with Crippen LogP contribution in [-0.2, 0) is 20.6 Å². The summed E-state index contributed by atoms with van der Waals surface area (Å²) in [7, 11) is -3.31.